The van der Waals surface area contributed by atoms with Crippen molar-refractivity contribution >= 4 is 39.1 Å². The van der Waals surface area contributed by atoms with E-state index in [0.29, 0.717) is 27.5 Å². The largest absolute Gasteiger partial charge is 0.416 e. The van der Waals surface area contributed by atoms with Crippen molar-refractivity contribution in [3.8, 4) is 0 Å². The number of hydrogen-bond acceptors (Lipinski definition) is 4. The first-order chi connectivity index (χ1) is 19.3. The van der Waals surface area contributed by atoms with E-state index in [9.17, 15) is 31.2 Å². The predicted octanol–water partition coefficient (Wildman–Crippen LogP) is 5.89. The van der Waals surface area contributed by atoms with Crippen LogP contribution in [0.1, 0.15) is 37.8 Å². The highest BCUT2D eigenvalue weighted by molar-refractivity contribution is 7.92. The topological polar surface area (TPSA) is 86.8 Å². The molecule has 12 heteroatoms. The summed E-state index contributed by atoms with van der Waals surface area (Å²) in [6.07, 6.45) is -3.19. The van der Waals surface area contributed by atoms with Gasteiger partial charge in [-0.05, 0) is 61.4 Å². The lowest BCUT2D eigenvalue weighted by Crippen LogP contribution is -2.51. The molecule has 0 bridgehead atoms. The molecule has 41 heavy (non-hydrogen) atoms. The molecule has 0 heterocycles. The van der Waals surface area contributed by atoms with Crippen LogP contribution in [-0.2, 0) is 32.3 Å². The smallest absolute Gasteiger partial charge is 0.354 e. The summed E-state index contributed by atoms with van der Waals surface area (Å²) in [6.45, 7) is 2.90. The molecule has 0 spiro atoms. The van der Waals surface area contributed by atoms with Gasteiger partial charge in [-0.2, -0.15) is 13.2 Å². The highest BCUT2D eigenvalue weighted by Crippen LogP contribution is 2.33. The van der Waals surface area contributed by atoms with Crippen LogP contribution in [0.4, 0.5) is 18.9 Å². The normalized spacial score (nSPS) is 12.4. The number of rotatable bonds is 12. The van der Waals surface area contributed by atoms with E-state index in [1.165, 1.54) is 42.2 Å². The third-order valence-electron chi connectivity index (χ3n) is 6.31. The van der Waals surface area contributed by atoms with Crippen molar-refractivity contribution in [2.45, 2.75) is 50.3 Å². The van der Waals surface area contributed by atoms with E-state index in [1.54, 1.807) is 30.3 Å². The van der Waals surface area contributed by atoms with E-state index in [4.69, 9.17) is 11.6 Å². The Bertz CT molecular complexity index is 1450. The molecule has 0 saturated heterocycles. The second-order valence-corrected chi connectivity index (χ2v) is 11.6. The van der Waals surface area contributed by atoms with Crippen LogP contribution in [0, 0.1) is 0 Å². The number of alkyl halides is 3. The molecule has 3 aromatic carbocycles. The Morgan fingerprint density at radius 2 is 1.66 bits per heavy atom. The molecule has 220 valence electrons. The molecule has 7 nitrogen and oxygen atoms in total. The molecule has 0 unspecified atom stereocenters. The average molecular weight is 610 g/mol. The fraction of sp³-hybridized carbons (Fsp3) is 0.310. The molecule has 2 amide bonds. The number of amides is 2. The molecule has 1 N–H and O–H groups in total. The zero-order chi connectivity index (χ0) is 30.2. The van der Waals surface area contributed by atoms with E-state index >= 15 is 0 Å². The van der Waals surface area contributed by atoms with Crippen LogP contribution in [0.2, 0.25) is 5.02 Å². The maximum absolute atomic E-state index is 13.8. The van der Waals surface area contributed by atoms with Gasteiger partial charge in [-0.25, -0.2) is 8.42 Å². The van der Waals surface area contributed by atoms with E-state index in [0.717, 1.165) is 25.0 Å². The Labute approximate surface area is 243 Å². The zero-order valence-corrected chi connectivity index (χ0v) is 24.1. The number of anilines is 1. The number of nitrogens with zero attached hydrogens (tertiary/aromatic N) is 2. The van der Waals surface area contributed by atoms with Gasteiger partial charge in [-0.3, -0.25) is 13.9 Å². The quantitative estimate of drug-likeness (QED) is 0.260. The third kappa shape index (κ3) is 8.46. The van der Waals surface area contributed by atoms with Crippen LogP contribution in [0.5, 0.6) is 0 Å². The van der Waals surface area contributed by atoms with Crippen LogP contribution in [0.3, 0.4) is 0 Å². The molecule has 0 aliphatic rings. The molecule has 0 aromatic heterocycles. The molecule has 0 aliphatic carbocycles. The zero-order valence-electron chi connectivity index (χ0n) is 22.6. The standard InChI is InChI=1S/C29H31ClF3N3O4S/c1-3-4-16-34-28(38)21(2)35(19-22-10-8-12-24(30)17-22)27(37)20-36(41(39,40)26-14-6-5-7-15-26)25-13-9-11-23(18-25)29(31,32)33/h5-15,17-18,21H,3-4,16,19-20H2,1-2H3,(H,34,38)/t21-/m0/s1. The summed E-state index contributed by atoms with van der Waals surface area (Å²) >= 11 is 6.12. The van der Waals surface area contributed by atoms with E-state index in [-0.39, 0.29) is 17.1 Å². The first-order valence-electron chi connectivity index (χ1n) is 12.9. The van der Waals surface area contributed by atoms with Gasteiger partial charge in [-0.1, -0.05) is 61.3 Å². The molecule has 0 aliphatic heterocycles. The highest BCUT2D eigenvalue weighted by atomic mass is 35.5. The fourth-order valence-electron chi connectivity index (χ4n) is 4.04. The van der Waals surface area contributed by atoms with Gasteiger partial charge in [0.1, 0.15) is 12.6 Å². The van der Waals surface area contributed by atoms with Crippen molar-refractivity contribution in [3.63, 3.8) is 0 Å². The van der Waals surface area contributed by atoms with Crippen LogP contribution >= 0.6 is 11.6 Å². The molecule has 0 fully saturated rings. The average Bonchev–Trinajstić information content (AvgIpc) is 2.94. The number of hydrogen-bond donors (Lipinski definition) is 1. The summed E-state index contributed by atoms with van der Waals surface area (Å²) in [5, 5.41) is 3.16. The maximum atomic E-state index is 13.8. The Hall–Kier alpha value is -3.57. The highest BCUT2D eigenvalue weighted by Gasteiger charge is 2.35. The minimum Gasteiger partial charge on any atom is -0.354 e. The van der Waals surface area contributed by atoms with Crippen molar-refractivity contribution in [2.24, 2.45) is 0 Å². The maximum Gasteiger partial charge on any atom is 0.416 e. The molecule has 0 radical (unpaired) electrons. The van der Waals surface area contributed by atoms with Gasteiger partial charge < -0.3 is 10.2 Å². The van der Waals surface area contributed by atoms with Gasteiger partial charge in [0.25, 0.3) is 10.0 Å². The van der Waals surface area contributed by atoms with Crippen molar-refractivity contribution in [1.29, 1.82) is 0 Å². The van der Waals surface area contributed by atoms with Crippen LogP contribution in [0.25, 0.3) is 0 Å². The van der Waals surface area contributed by atoms with Crippen molar-refractivity contribution in [1.82, 2.24) is 10.2 Å². The number of halogens is 4. The molecule has 0 saturated carbocycles. The van der Waals surface area contributed by atoms with Crippen molar-refractivity contribution in [3.05, 3.63) is 95.0 Å². The number of nitrogens with one attached hydrogen (secondary N) is 1. The van der Waals surface area contributed by atoms with Crippen LogP contribution in [-0.4, -0.2) is 44.3 Å². The van der Waals surface area contributed by atoms with Gasteiger partial charge >= 0.3 is 6.18 Å². The Morgan fingerprint density at radius 3 is 2.29 bits per heavy atom. The molecule has 1 atom stereocenters. The lowest BCUT2D eigenvalue weighted by atomic mass is 10.1. The predicted molar refractivity (Wildman–Crippen MR) is 152 cm³/mol. The summed E-state index contributed by atoms with van der Waals surface area (Å²) in [7, 11) is -4.49. The minimum atomic E-state index is -4.74. The van der Waals surface area contributed by atoms with Gasteiger partial charge in [0.2, 0.25) is 11.8 Å². The first-order valence-corrected chi connectivity index (χ1v) is 14.7. The van der Waals surface area contributed by atoms with Crippen molar-refractivity contribution < 1.29 is 31.2 Å². The molecule has 3 aromatic rings. The number of sulfonamides is 1. The molecular formula is C29H31ClF3N3O4S. The summed E-state index contributed by atoms with van der Waals surface area (Å²) in [6, 6.07) is 16.4. The number of carbonyl (C=O) groups excluding carboxylic acids is 2. The summed E-state index contributed by atoms with van der Waals surface area (Å²) in [4.78, 5) is 27.8. The summed E-state index contributed by atoms with van der Waals surface area (Å²) in [5.41, 5.74) is -0.842. The SMILES string of the molecule is CCCCNC(=O)[C@H](C)N(Cc1cccc(Cl)c1)C(=O)CN(c1cccc(C(F)(F)F)c1)S(=O)(=O)c1ccccc1. The van der Waals surface area contributed by atoms with Crippen molar-refractivity contribution in [2.75, 3.05) is 17.4 Å². The van der Waals surface area contributed by atoms with Gasteiger partial charge in [0.15, 0.2) is 0 Å². The van der Waals surface area contributed by atoms with Crippen LogP contribution in [0.15, 0.2) is 83.8 Å². The second kappa shape index (κ2) is 13.9. The fourth-order valence-corrected chi connectivity index (χ4v) is 5.68. The number of carbonyl (C=O) groups is 2. The second-order valence-electron chi connectivity index (χ2n) is 9.34. The first kappa shape index (κ1) is 32.0. The van der Waals surface area contributed by atoms with Gasteiger partial charge in [0.05, 0.1) is 16.1 Å². The van der Waals surface area contributed by atoms with Crippen LogP contribution < -0.4 is 9.62 Å². The Morgan fingerprint density at radius 1 is 0.976 bits per heavy atom. The minimum absolute atomic E-state index is 0.0937. The number of benzene rings is 3. The van der Waals surface area contributed by atoms with E-state index in [2.05, 4.69) is 5.32 Å². The third-order valence-corrected chi connectivity index (χ3v) is 8.33. The Balaban J connectivity index is 2.05. The summed E-state index contributed by atoms with van der Waals surface area (Å²) < 4.78 is 68.7. The Kier molecular flexibility index (Phi) is 10.8. The lowest BCUT2D eigenvalue weighted by Gasteiger charge is -2.32. The van der Waals surface area contributed by atoms with Gasteiger partial charge in [-0.15, -0.1) is 0 Å². The molecule has 3 rings (SSSR count). The van der Waals surface area contributed by atoms with Gasteiger partial charge in [0, 0.05) is 18.1 Å². The monoisotopic (exact) mass is 609 g/mol. The van der Waals surface area contributed by atoms with E-state index in [1.807, 2.05) is 6.92 Å². The van der Waals surface area contributed by atoms with E-state index < -0.39 is 46.2 Å². The lowest BCUT2D eigenvalue weighted by molar-refractivity contribution is -0.139. The summed E-state index contributed by atoms with van der Waals surface area (Å²) in [5.74, 6) is -1.25. The number of unbranched alkanes of at least 4 members (excludes halogenated alkanes) is 1. The molecular weight excluding hydrogens is 579 g/mol.